The molecule has 0 bridgehead atoms. The van der Waals surface area contributed by atoms with Gasteiger partial charge in [0.1, 0.15) is 11.5 Å². The van der Waals surface area contributed by atoms with E-state index in [0.717, 1.165) is 37.5 Å². The van der Waals surface area contributed by atoms with Gasteiger partial charge in [0, 0.05) is 12.6 Å². The molecule has 1 unspecified atom stereocenters. The summed E-state index contributed by atoms with van der Waals surface area (Å²) in [6, 6.07) is 14.6. The molecule has 3 heteroatoms. The summed E-state index contributed by atoms with van der Waals surface area (Å²) in [4.78, 5) is 0. The Bertz CT molecular complexity index is 479. The van der Waals surface area contributed by atoms with Crippen LogP contribution in [-0.2, 0) is 13.0 Å². The molecule has 1 atom stereocenters. The van der Waals surface area contributed by atoms with Gasteiger partial charge in [-0.2, -0.15) is 0 Å². The van der Waals surface area contributed by atoms with Crippen LogP contribution in [0.4, 0.5) is 0 Å². The van der Waals surface area contributed by atoms with Crippen LogP contribution in [0.1, 0.15) is 23.5 Å². The molecule has 1 aromatic carbocycles. The SMILES string of the molecule is Cc1ccc(CNCC(N)CCc2ccccc2)o1. The maximum Gasteiger partial charge on any atom is 0.117 e. The van der Waals surface area contributed by atoms with Crippen molar-refractivity contribution < 1.29 is 4.42 Å². The van der Waals surface area contributed by atoms with Crippen molar-refractivity contribution in [1.29, 1.82) is 0 Å². The Kier molecular flexibility index (Phi) is 5.19. The van der Waals surface area contributed by atoms with Crippen molar-refractivity contribution in [2.45, 2.75) is 32.4 Å². The minimum absolute atomic E-state index is 0.177. The maximum atomic E-state index is 6.10. The Morgan fingerprint density at radius 2 is 1.95 bits per heavy atom. The van der Waals surface area contributed by atoms with Gasteiger partial charge in [-0.3, -0.25) is 0 Å². The zero-order valence-electron chi connectivity index (χ0n) is 11.4. The van der Waals surface area contributed by atoms with Crippen molar-refractivity contribution in [3.63, 3.8) is 0 Å². The number of nitrogens with one attached hydrogen (secondary N) is 1. The zero-order chi connectivity index (χ0) is 13.5. The second-order valence-electron chi connectivity index (χ2n) is 4.93. The second kappa shape index (κ2) is 7.12. The van der Waals surface area contributed by atoms with Crippen molar-refractivity contribution >= 4 is 0 Å². The molecule has 0 aliphatic carbocycles. The molecule has 0 aliphatic rings. The summed E-state index contributed by atoms with van der Waals surface area (Å²) in [5.74, 6) is 1.91. The first kappa shape index (κ1) is 13.8. The van der Waals surface area contributed by atoms with Crippen LogP contribution in [0.5, 0.6) is 0 Å². The van der Waals surface area contributed by atoms with Gasteiger partial charge in [0.05, 0.1) is 6.54 Å². The maximum absolute atomic E-state index is 6.10. The predicted molar refractivity (Wildman–Crippen MR) is 77.9 cm³/mol. The molecule has 0 spiro atoms. The normalized spacial score (nSPS) is 12.5. The molecule has 102 valence electrons. The number of aryl methyl sites for hydroxylation is 2. The molecule has 2 rings (SSSR count). The van der Waals surface area contributed by atoms with E-state index in [1.807, 2.05) is 25.1 Å². The predicted octanol–water partition coefficient (Wildman–Crippen LogP) is 2.64. The number of nitrogens with two attached hydrogens (primary N) is 1. The molecule has 3 nitrogen and oxygen atoms in total. The summed E-state index contributed by atoms with van der Waals surface area (Å²) < 4.78 is 5.49. The third kappa shape index (κ3) is 4.89. The van der Waals surface area contributed by atoms with Gasteiger partial charge >= 0.3 is 0 Å². The summed E-state index contributed by atoms with van der Waals surface area (Å²) in [6.07, 6.45) is 2.03. The van der Waals surface area contributed by atoms with Crippen molar-refractivity contribution in [3.8, 4) is 0 Å². The van der Waals surface area contributed by atoms with E-state index in [4.69, 9.17) is 10.2 Å². The average molecular weight is 258 g/mol. The Labute approximate surface area is 114 Å². The molecule has 1 heterocycles. The van der Waals surface area contributed by atoms with Gasteiger partial charge in [-0.1, -0.05) is 30.3 Å². The summed E-state index contributed by atoms with van der Waals surface area (Å²) in [7, 11) is 0. The van der Waals surface area contributed by atoms with Crippen molar-refractivity contribution in [3.05, 3.63) is 59.5 Å². The van der Waals surface area contributed by atoms with E-state index < -0.39 is 0 Å². The standard InChI is InChI=1S/C16H22N2O/c1-13-7-10-16(19-13)12-18-11-15(17)9-8-14-5-3-2-4-6-14/h2-7,10,15,18H,8-9,11-12,17H2,1H3. The van der Waals surface area contributed by atoms with Crippen molar-refractivity contribution in [1.82, 2.24) is 5.32 Å². The molecule has 19 heavy (non-hydrogen) atoms. The lowest BCUT2D eigenvalue weighted by atomic mass is 10.1. The van der Waals surface area contributed by atoms with Gasteiger partial charge in [0.15, 0.2) is 0 Å². The van der Waals surface area contributed by atoms with Crippen LogP contribution in [0.2, 0.25) is 0 Å². The third-order valence-electron chi connectivity index (χ3n) is 3.15. The molecule has 2 aromatic rings. The molecule has 3 N–H and O–H groups in total. The van der Waals surface area contributed by atoms with Gasteiger partial charge in [-0.15, -0.1) is 0 Å². The van der Waals surface area contributed by atoms with Gasteiger partial charge in [0.2, 0.25) is 0 Å². The van der Waals surface area contributed by atoms with E-state index in [1.165, 1.54) is 5.56 Å². The van der Waals surface area contributed by atoms with Crippen LogP contribution in [-0.4, -0.2) is 12.6 Å². The molecule has 0 saturated carbocycles. The molecule has 0 fully saturated rings. The molecular weight excluding hydrogens is 236 g/mol. The number of hydrogen-bond acceptors (Lipinski definition) is 3. The summed E-state index contributed by atoms with van der Waals surface area (Å²) in [5, 5.41) is 3.33. The van der Waals surface area contributed by atoms with Gasteiger partial charge < -0.3 is 15.5 Å². The minimum Gasteiger partial charge on any atom is -0.465 e. The Hall–Kier alpha value is -1.58. The average Bonchev–Trinajstić information content (AvgIpc) is 2.83. The highest BCUT2D eigenvalue weighted by atomic mass is 16.3. The highest BCUT2D eigenvalue weighted by Crippen LogP contribution is 2.06. The number of furan rings is 1. The van der Waals surface area contributed by atoms with Crippen LogP contribution in [0.15, 0.2) is 46.9 Å². The molecular formula is C16H22N2O. The van der Waals surface area contributed by atoms with E-state index in [-0.39, 0.29) is 6.04 Å². The van der Waals surface area contributed by atoms with Gasteiger partial charge in [-0.25, -0.2) is 0 Å². The van der Waals surface area contributed by atoms with Crippen LogP contribution in [0.3, 0.4) is 0 Å². The molecule has 0 radical (unpaired) electrons. The molecule has 0 amide bonds. The lowest BCUT2D eigenvalue weighted by molar-refractivity contribution is 0.450. The highest BCUT2D eigenvalue weighted by Gasteiger charge is 2.04. The highest BCUT2D eigenvalue weighted by molar-refractivity contribution is 5.14. The van der Waals surface area contributed by atoms with Crippen LogP contribution in [0, 0.1) is 6.92 Å². The van der Waals surface area contributed by atoms with Gasteiger partial charge in [-0.05, 0) is 37.5 Å². The zero-order valence-corrected chi connectivity index (χ0v) is 11.4. The van der Waals surface area contributed by atoms with E-state index in [2.05, 4.69) is 29.6 Å². The first-order chi connectivity index (χ1) is 9.24. The van der Waals surface area contributed by atoms with Crippen LogP contribution in [0.25, 0.3) is 0 Å². The van der Waals surface area contributed by atoms with Crippen LogP contribution >= 0.6 is 0 Å². The molecule has 0 saturated heterocycles. The van der Waals surface area contributed by atoms with E-state index in [1.54, 1.807) is 0 Å². The van der Waals surface area contributed by atoms with Crippen LogP contribution < -0.4 is 11.1 Å². The fourth-order valence-corrected chi connectivity index (χ4v) is 2.06. The Morgan fingerprint density at radius 1 is 1.16 bits per heavy atom. The van der Waals surface area contributed by atoms with E-state index in [0.29, 0.717) is 0 Å². The van der Waals surface area contributed by atoms with E-state index in [9.17, 15) is 0 Å². The monoisotopic (exact) mass is 258 g/mol. The molecule has 1 aromatic heterocycles. The van der Waals surface area contributed by atoms with Crippen molar-refractivity contribution in [2.24, 2.45) is 5.73 Å². The Balaban J connectivity index is 1.63. The topological polar surface area (TPSA) is 51.2 Å². The first-order valence-corrected chi connectivity index (χ1v) is 6.79. The van der Waals surface area contributed by atoms with E-state index >= 15 is 0 Å². The second-order valence-corrected chi connectivity index (χ2v) is 4.93. The van der Waals surface area contributed by atoms with Crippen molar-refractivity contribution in [2.75, 3.05) is 6.54 Å². The lowest BCUT2D eigenvalue weighted by Gasteiger charge is -2.12. The van der Waals surface area contributed by atoms with Gasteiger partial charge in [0.25, 0.3) is 0 Å². The Morgan fingerprint density at radius 3 is 2.63 bits per heavy atom. The first-order valence-electron chi connectivity index (χ1n) is 6.79. The third-order valence-corrected chi connectivity index (χ3v) is 3.15. The fraction of sp³-hybridized carbons (Fsp3) is 0.375. The number of rotatable bonds is 7. The number of hydrogen-bond donors (Lipinski definition) is 2. The lowest BCUT2D eigenvalue weighted by Crippen LogP contribution is -2.33. The number of benzene rings is 1. The quantitative estimate of drug-likeness (QED) is 0.802. The summed E-state index contributed by atoms with van der Waals surface area (Å²) in [6.45, 7) is 3.51. The smallest absolute Gasteiger partial charge is 0.117 e. The summed E-state index contributed by atoms with van der Waals surface area (Å²) in [5.41, 5.74) is 7.44. The fourth-order valence-electron chi connectivity index (χ4n) is 2.06. The molecule has 0 aliphatic heterocycles. The largest absolute Gasteiger partial charge is 0.465 e. The minimum atomic E-state index is 0.177. The summed E-state index contributed by atoms with van der Waals surface area (Å²) >= 11 is 0.